The van der Waals surface area contributed by atoms with Crippen LogP contribution in [-0.4, -0.2) is 24.3 Å². The zero-order chi connectivity index (χ0) is 30.5. The number of esters is 2. The van der Waals surface area contributed by atoms with Crippen LogP contribution >= 0.6 is 0 Å². The summed E-state index contributed by atoms with van der Waals surface area (Å²) in [7, 11) is 0. The Hall–Kier alpha value is -5.20. The molecule has 0 amide bonds. The van der Waals surface area contributed by atoms with E-state index in [-0.39, 0.29) is 12.4 Å². The molecular weight excluding hydrogens is 552 g/mol. The molecule has 1 fully saturated rings. The average Bonchev–Trinajstić information content (AvgIpc) is 3.77. The number of ether oxygens (including phenoxy) is 4. The average molecular weight is 585 g/mol. The molecule has 4 atom stereocenters. The Morgan fingerprint density at radius 2 is 1.00 bits per heavy atom. The van der Waals surface area contributed by atoms with Gasteiger partial charge < -0.3 is 18.9 Å². The van der Waals surface area contributed by atoms with Crippen molar-refractivity contribution in [1.82, 2.24) is 0 Å². The van der Waals surface area contributed by atoms with Crippen molar-refractivity contribution in [2.45, 2.75) is 38.4 Å². The van der Waals surface area contributed by atoms with Gasteiger partial charge in [0.25, 0.3) is 0 Å². The molecule has 0 spiro atoms. The van der Waals surface area contributed by atoms with E-state index >= 15 is 0 Å². The minimum atomic E-state index is -0.918. The maximum atomic E-state index is 13.6. The number of hydrogen-bond donors (Lipinski definition) is 0. The molecule has 220 valence electrons. The van der Waals surface area contributed by atoms with E-state index in [4.69, 9.17) is 18.9 Å². The summed E-state index contributed by atoms with van der Waals surface area (Å²) in [5.41, 5.74) is 5.35. The zero-order valence-corrected chi connectivity index (χ0v) is 24.5. The molecule has 44 heavy (non-hydrogen) atoms. The minimum absolute atomic E-state index is 0.0510. The van der Waals surface area contributed by atoms with Crippen LogP contribution in [0.25, 0.3) is 11.1 Å². The third kappa shape index (κ3) is 6.88. The Labute approximate surface area is 256 Å². The van der Waals surface area contributed by atoms with E-state index in [1.165, 1.54) is 5.56 Å². The van der Waals surface area contributed by atoms with Crippen molar-refractivity contribution in [3.63, 3.8) is 0 Å². The van der Waals surface area contributed by atoms with E-state index in [0.717, 1.165) is 11.1 Å². The smallest absolute Gasteiger partial charge is 0.338 e. The second-order valence-electron chi connectivity index (χ2n) is 10.8. The van der Waals surface area contributed by atoms with Crippen molar-refractivity contribution in [3.05, 3.63) is 161 Å². The Balaban J connectivity index is 1.26. The van der Waals surface area contributed by atoms with Crippen molar-refractivity contribution in [1.29, 1.82) is 0 Å². The van der Waals surface area contributed by atoms with Crippen LogP contribution in [0.15, 0.2) is 133 Å². The summed E-state index contributed by atoms with van der Waals surface area (Å²) in [6.45, 7) is 3.97. The molecule has 0 saturated carbocycles. The van der Waals surface area contributed by atoms with Crippen molar-refractivity contribution >= 4 is 11.9 Å². The standard InChI is InChI=1S/C38H32O6/c1-25-13-15-27(16-14-25)28-17-19-31(20-18-28)36(39)43-34(29-9-5-3-6-10-29)35(30-11-7-4-8-12-30)44-37(40)32-21-23-33(24-22-32)42-38-26(2)41-38/h3-24,26,34-35,38H,1-2H3/t26?,34-,35-,38?/m1/s1. The number of carbonyl (C=O) groups excluding carboxylic acids is 2. The van der Waals surface area contributed by atoms with Gasteiger partial charge in [0.05, 0.1) is 11.1 Å². The Kier molecular flexibility index (Phi) is 8.52. The van der Waals surface area contributed by atoms with Crippen LogP contribution < -0.4 is 4.74 Å². The van der Waals surface area contributed by atoms with E-state index in [1.807, 2.05) is 86.6 Å². The zero-order valence-electron chi connectivity index (χ0n) is 24.5. The number of epoxide rings is 1. The highest BCUT2D eigenvalue weighted by Crippen LogP contribution is 2.37. The van der Waals surface area contributed by atoms with E-state index in [0.29, 0.717) is 28.0 Å². The van der Waals surface area contributed by atoms with Gasteiger partial charge >= 0.3 is 11.9 Å². The molecule has 5 aromatic carbocycles. The third-order valence-corrected chi connectivity index (χ3v) is 7.50. The lowest BCUT2D eigenvalue weighted by molar-refractivity contribution is -0.0388. The van der Waals surface area contributed by atoms with Gasteiger partial charge in [-0.25, -0.2) is 9.59 Å². The second kappa shape index (κ2) is 13.0. The van der Waals surface area contributed by atoms with Gasteiger partial charge in [0.2, 0.25) is 6.29 Å². The van der Waals surface area contributed by atoms with Gasteiger partial charge in [-0.3, -0.25) is 0 Å². The summed E-state index contributed by atoms with van der Waals surface area (Å²) < 4.78 is 23.3. The molecule has 1 aliphatic heterocycles. The minimum Gasteiger partial charge on any atom is -0.462 e. The number of hydrogen-bond acceptors (Lipinski definition) is 6. The second-order valence-corrected chi connectivity index (χ2v) is 10.8. The fourth-order valence-electron chi connectivity index (χ4n) is 4.90. The topological polar surface area (TPSA) is 74.4 Å². The first-order valence-electron chi connectivity index (χ1n) is 14.6. The van der Waals surface area contributed by atoms with Gasteiger partial charge in [-0.15, -0.1) is 0 Å². The van der Waals surface area contributed by atoms with Crippen LogP contribution in [0.5, 0.6) is 5.75 Å². The fraction of sp³-hybridized carbons (Fsp3) is 0.158. The maximum Gasteiger partial charge on any atom is 0.338 e. The van der Waals surface area contributed by atoms with Crippen LogP contribution in [0, 0.1) is 6.92 Å². The lowest BCUT2D eigenvalue weighted by atomic mass is 9.97. The maximum absolute atomic E-state index is 13.6. The quantitative estimate of drug-likeness (QED) is 0.121. The molecule has 1 saturated heterocycles. The molecule has 0 bridgehead atoms. The molecule has 6 rings (SSSR count). The molecule has 0 N–H and O–H groups in total. The molecule has 1 aliphatic rings. The van der Waals surface area contributed by atoms with Crippen molar-refractivity contribution in [3.8, 4) is 16.9 Å². The largest absolute Gasteiger partial charge is 0.462 e. The summed E-state index contributed by atoms with van der Waals surface area (Å²) in [5, 5.41) is 0. The predicted octanol–water partition coefficient (Wildman–Crippen LogP) is 8.28. The molecule has 0 radical (unpaired) electrons. The number of aryl methyl sites for hydroxylation is 1. The highest BCUT2D eigenvalue weighted by Gasteiger charge is 2.37. The van der Waals surface area contributed by atoms with Gasteiger partial charge in [0, 0.05) is 0 Å². The lowest BCUT2D eigenvalue weighted by Gasteiger charge is -2.28. The fourth-order valence-corrected chi connectivity index (χ4v) is 4.90. The molecule has 6 nitrogen and oxygen atoms in total. The Morgan fingerprint density at radius 1 is 0.591 bits per heavy atom. The SMILES string of the molecule is Cc1ccc(-c2ccc(C(=O)O[C@H](c3ccccc3)[C@H](OC(=O)c3ccc(OC4OC4C)cc3)c3ccccc3)cc2)cc1. The molecule has 0 aliphatic carbocycles. The van der Waals surface area contributed by atoms with Crippen molar-refractivity contribution < 1.29 is 28.5 Å². The van der Waals surface area contributed by atoms with Gasteiger partial charge in [-0.2, -0.15) is 0 Å². The molecule has 2 unspecified atom stereocenters. The summed E-state index contributed by atoms with van der Waals surface area (Å²) in [4.78, 5) is 27.1. The van der Waals surface area contributed by atoms with Gasteiger partial charge in [0.15, 0.2) is 12.2 Å². The summed E-state index contributed by atoms with van der Waals surface area (Å²) >= 11 is 0. The first-order chi connectivity index (χ1) is 21.4. The molecule has 6 heteroatoms. The molecule has 1 heterocycles. The highest BCUT2D eigenvalue weighted by atomic mass is 16.8. The van der Waals surface area contributed by atoms with E-state index in [1.54, 1.807) is 36.4 Å². The van der Waals surface area contributed by atoms with Crippen LogP contribution in [0.3, 0.4) is 0 Å². The van der Waals surface area contributed by atoms with Crippen molar-refractivity contribution in [2.75, 3.05) is 0 Å². The van der Waals surface area contributed by atoms with Gasteiger partial charge in [0.1, 0.15) is 11.9 Å². The lowest BCUT2D eigenvalue weighted by Crippen LogP contribution is -2.23. The highest BCUT2D eigenvalue weighted by molar-refractivity contribution is 5.91. The molecule has 0 aromatic heterocycles. The van der Waals surface area contributed by atoms with Crippen molar-refractivity contribution in [2.24, 2.45) is 0 Å². The summed E-state index contributed by atoms with van der Waals surface area (Å²) in [6.07, 6.45) is -2.05. The van der Waals surface area contributed by atoms with Crippen LogP contribution in [0.2, 0.25) is 0 Å². The number of carbonyl (C=O) groups is 2. The number of rotatable bonds is 10. The monoisotopic (exact) mass is 584 g/mol. The first-order valence-corrected chi connectivity index (χ1v) is 14.6. The van der Waals surface area contributed by atoms with Gasteiger partial charge in [-0.05, 0) is 72.5 Å². The predicted molar refractivity (Wildman–Crippen MR) is 167 cm³/mol. The van der Waals surface area contributed by atoms with Gasteiger partial charge in [-0.1, -0.05) is 103 Å². The normalized spacial score (nSPS) is 16.8. The molecule has 5 aromatic rings. The van der Waals surface area contributed by atoms with Crippen LogP contribution in [0.1, 0.15) is 56.5 Å². The summed E-state index contributed by atoms with van der Waals surface area (Å²) in [5.74, 6) is -0.481. The van der Waals surface area contributed by atoms with E-state index in [9.17, 15) is 9.59 Å². The Bertz CT molecular complexity index is 1700. The van der Waals surface area contributed by atoms with Crippen LogP contribution in [0.4, 0.5) is 0 Å². The van der Waals surface area contributed by atoms with E-state index in [2.05, 4.69) is 24.3 Å². The third-order valence-electron chi connectivity index (χ3n) is 7.50. The van der Waals surface area contributed by atoms with E-state index < -0.39 is 24.1 Å². The molecular formula is C38H32O6. The number of benzene rings is 5. The summed E-state index contributed by atoms with van der Waals surface area (Å²) in [6, 6.07) is 40.8. The Morgan fingerprint density at radius 3 is 1.43 bits per heavy atom. The first kappa shape index (κ1) is 28.9. The van der Waals surface area contributed by atoms with Crippen LogP contribution in [-0.2, 0) is 14.2 Å².